The molecule has 0 heterocycles. The fourth-order valence-electron chi connectivity index (χ4n) is 1.99. The molecule has 0 saturated heterocycles. The van der Waals surface area contributed by atoms with Gasteiger partial charge in [-0.25, -0.2) is 8.42 Å². The Morgan fingerprint density at radius 1 is 1.16 bits per heavy atom. The first kappa shape index (κ1) is 18.7. The Morgan fingerprint density at radius 2 is 1.84 bits per heavy atom. The van der Waals surface area contributed by atoms with Crippen LogP contribution in [-0.4, -0.2) is 25.5 Å². The van der Waals surface area contributed by atoms with Crippen LogP contribution in [0.2, 0.25) is 5.02 Å². The van der Waals surface area contributed by atoms with Crippen molar-refractivity contribution in [1.29, 1.82) is 0 Å². The molecule has 0 aliphatic heterocycles. The van der Waals surface area contributed by atoms with Crippen molar-refractivity contribution in [3.63, 3.8) is 0 Å². The average molecular weight is 384 g/mol. The Bertz CT molecular complexity index is 960. The Balaban J connectivity index is 2.26. The standard InChI is InChI=1S/C15H14ClN3O5S/c1-9-3-5-11(19(21)22)8-14(9)17-15(20)10-4-6-13(12(16)7-10)18-25(2,23)24/h3-8,18H,1-2H3,(H,17,20). The van der Waals surface area contributed by atoms with E-state index in [1.807, 2.05) is 0 Å². The van der Waals surface area contributed by atoms with Crippen molar-refractivity contribution >= 4 is 44.6 Å². The van der Waals surface area contributed by atoms with Gasteiger partial charge in [0.1, 0.15) is 0 Å². The Kier molecular flexibility index (Phi) is 5.29. The maximum absolute atomic E-state index is 12.3. The third-order valence-electron chi connectivity index (χ3n) is 3.21. The van der Waals surface area contributed by atoms with Crippen LogP contribution in [0, 0.1) is 17.0 Å². The average Bonchev–Trinajstić information content (AvgIpc) is 2.49. The predicted octanol–water partition coefficient (Wildman–Crippen LogP) is 3.18. The molecule has 25 heavy (non-hydrogen) atoms. The van der Waals surface area contributed by atoms with Gasteiger partial charge >= 0.3 is 0 Å². The maximum Gasteiger partial charge on any atom is 0.271 e. The molecule has 0 aromatic heterocycles. The molecule has 8 nitrogen and oxygen atoms in total. The third kappa shape index (κ3) is 4.91. The zero-order valence-corrected chi connectivity index (χ0v) is 14.8. The van der Waals surface area contributed by atoms with E-state index in [1.165, 1.54) is 36.4 Å². The lowest BCUT2D eigenvalue weighted by Gasteiger charge is -2.10. The van der Waals surface area contributed by atoms with Crippen LogP contribution in [-0.2, 0) is 10.0 Å². The van der Waals surface area contributed by atoms with Gasteiger partial charge in [0.2, 0.25) is 10.0 Å². The summed E-state index contributed by atoms with van der Waals surface area (Å²) in [6.45, 7) is 1.70. The minimum absolute atomic E-state index is 0.0499. The number of nitrogens with zero attached hydrogens (tertiary/aromatic N) is 1. The summed E-state index contributed by atoms with van der Waals surface area (Å²) < 4.78 is 24.7. The molecule has 0 unspecified atom stereocenters. The maximum atomic E-state index is 12.3. The van der Waals surface area contributed by atoms with Gasteiger partial charge in [0.05, 0.1) is 27.6 Å². The van der Waals surface area contributed by atoms with Crippen molar-refractivity contribution in [3.05, 3.63) is 62.7 Å². The number of benzene rings is 2. The summed E-state index contributed by atoms with van der Waals surface area (Å²) in [4.78, 5) is 22.6. The Morgan fingerprint density at radius 3 is 2.40 bits per heavy atom. The van der Waals surface area contributed by atoms with Crippen LogP contribution in [0.4, 0.5) is 17.1 Å². The van der Waals surface area contributed by atoms with Gasteiger partial charge in [-0.1, -0.05) is 17.7 Å². The molecule has 0 spiro atoms. The lowest BCUT2D eigenvalue weighted by atomic mass is 10.1. The van der Waals surface area contributed by atoms with Crippen LogP contribution in [0.1, 0.15) is 15.9 Å². The molecule has 0 atom stereocenters. The summed E-state index contributed by atoms with van der Waals surface area (Å²) in [5.41, 5.74) is 1.13. The van der Waals surface area contributed by atoms with Crippen molar-refractivity contribution in [2.75, 3.05) is 16.3 Å². The second-order valence-electron chi connectivity index (χ2n) is 5.28. The zero-order chi connectivity index (χ0) is 18.8. The zero-order valence-electron chi connectivity index (χ0n) is 13.2. The van der Waals surface area contributed by atoms with Crippen LogP contribution in [0.5, 0.6) is 0 Å². The van der Waals surface area contributed by atoms with Crippen LogP contribution < -0.4 is 10.0 Å². The molecule has 10 heteroatoms. The quantitative estimate of drug-likeness (QED) is 0.607. The molecule has 0 saturated carbocycles. The molecule has 132 valence electrons. The number of sulfonamides is 1. The number of anilines is 2. The molecule has 0 aliphatic rings. The fraction of sp³-hybridized carbons (Fsp3) is 0.133. The minimum atomic E-state index is -3.50. The van der Waals surface area contributed by atoms with Gasteiger partial charge in [-0.05, 0) is 30.7 Å². The normalized spacial score (nSPS) is 11.0. The minimum Gasteiger partial charge on any atom is -0.321 e. The number of carbonyl (C=O) groups is 1. The molecular formula is C15H14ClN3O5S. The highest BCUT2D eigenvalue weighted by Crippen LogP contribution is 2.26. The number of nitrogens with one attached hydrogen (secondary N) is 2. The SMILES string of the molecule is Cc1ccc([N+](=O)[O-])cc1NC(=O)c1ccc(NS(C)(=O)=O)c(Cl)c1. The Labute approximate surface area is 149 Å². The molecule has 2 aromatic carbocycles. The second-order valence-corrected chi connectivity index (χ2v) is 7.43. The molecule has 1 amide bonds. The summed E-state index contributed by atoms with van der Waals surface area (Å²) in [5, 5.41) is 13.5. The van der Waals surface area contributed by atoms with Gasteiger partial charge in [-0.2, -0.15) is 0 Å². The number of nitro groups is 1. The van der Waals surface area contributed by atoms with E-state index in [4.69, 9.17) is 11.6 Å². The van der Waals surface area contributed by atoms with Crippen molar-refractivity contribution in [2.24, 2.45) is 0 Å². The molecule has 2 aromatic rings. The highest BCUT2D eigenvalue weighted by atomic mass is 35.5. The molecule has 0 fully saturated rings. The lowest BCUT2D eigenvalue weighted by molar-refractivity contribution is -0.384. The first-order chi connectivity index (χ1) is 11.6. The van der Waals surface area contributed by atoms with E-state index in [9.17, 15) is 23.3 Å². The van der Waals surface area contributed by atoms with Gasteiger partial charge < -0.3 is 5.32 Å². The number of amides is 1. The molecule has 0 aliphatic carbocycles. The van der Waals surface area contributed by atoms with E-state index < -0.39 is 20.9 Å². The topological polar surface area (TPSA) is 118 Å². The smallest absolute Gasteiger partial charge is 0.271 e. The van der Waals surface area contributed by atoms with E-state index in [-0.39, 0.29) is 22.0 Å². The summed E-state index contributed by atoms with van der Waals surface area (Å²) in [6.07, 6.45) is 0.981. The molecular weight excluding hydrogens is 370 g/mol. The first-order valence-electron chi connectivity index (χ1n) is 6.90. The highest BCUT2D eigenvalue weighted by Gasteiger charge is 2.14. The number of hydrogen-bond donors (Lipinski definition) is 2. The van der Waals surface area contributed by atoms with Gasteiger partial charge in [0.15, 0.2) is 0 Å². The first-order valence-corrected chi connectivity index (χ1v) is 9.17. The van der Waals surface area contributed by atoms with Gasteiger partial charge in [-0.3, -0.25) is 19.6 Å². The van der Waals surface area contributed by atoms with Crippen LogP contribution in [0.15, 0.2) is 36.4 Å². The van der Waals surface area contributed by atoms with E-state index in [2.05, 4.69) is 10.0 Å². The highest BCUT2D eigenvalue weighted by molar-refractivity contribution is 7.92. The summed E-state index contributed by atoms with van der Waals surface area (Å²) >= 11 is 5.98. The summed E-state index contributed by atoms with van der Waals surface area (Å²) in [7, 11) is -3.50. The fourth-order valence-corrected chi connectivity index (χ4v) is 2.85. The summed E-state index contributed by atoms with van der Waals surface area (Å²) in [5.74, 6) is -0.531. The third-order valence-corrected chi connectivity index (χ3v) is 4.11. The van der Waals surface area contributed by atoms with E-state index >= 15 is 0 Å². The largest absolute Gasteiger partial charge is 0.321 e. The number of carbonyl (C=O) groups excluding carboxylic acids is 1. The number of non-ortho nitro benzene ring substituents is 1. The number of halogens is 1. The molecule has 2 N–H and O–H groups in total. The van der Waals surface area contributed by atoms with Gasteiger partial charge in [0, 0.05) is 17.7 Å². The monoisotopic (exact) mass is 383 g/mol. The second kappa shape index (κ2) is 7.08. The Hall–Kier alpha value is -2.65. The summed E-state index contributed by atoms with van der Waals surface area (Å²) in [6, 6.07) is 8.18. The van der Waals surface area contributed by atoms with Crippen LogP contribution >= 0.6 is 11.6 Å². The van der Waals surface area contributed by atoms with E-state index in [0.29, 0.717) is 11.3 Å². The number of nitro benzene ring substituents is 1. The molecule has 0 bridgehead atoms. The van der Waals surface area contributed by atoms with Crippen molar-refractivity contribution in [1.82, 2.24) is 0 Å². The van der Waals surface area contributed by atoms with Crippen molar-refractivity contribution in [3.8, 4) is 0 Å². The van der Waals surface area contributed by atoms with Crippen molar-refractivity contribution in [2.45, 2.75) is 6.92 Å². The van der Waals surface area contributed by atoms with Crippen LogP contribution in [0.3, 0.4) is 0 Å². The van der Waals surface area contributed by atoms with E-state index in [1.54, 1.807) is 6.92 Å². The van der Waals surface area contributed by atoms with Gasteiger partial charge in [-0.15, -0.1) is 0 Å². The van der Waals surface area contributed by atoms with Gasteiger partial charge in [0.25, 0.3) is 11.6 Å². The number of rotatable bonds is 5. The molecule has 2 rings (SSSR count). The van der Waals surface area contributed by atoms with Crippen molar-refractivity contribution < 1.29 is 18.1 Å². The lowest BCUT2D eigenvalue weighted by Crippen LogP contribution is -2.14. The number of aryl methyl sites for hydroxylation is 1. The molecule has 0 radical (unpaired) electrons. The van der Waals surface area contributed by atoms with Crippen LogP contribution in [0.25, 0.3) is 0 Å². The predicted molar refractivity (Wildman–Crippen MR) is 95.7 cm³/mol. The number of hydrogen-bond acceptors (Lipinski definition) is 5. The van der Waals surface area contributed by atoms with E-state index in [0.717, 1.165) is 6.26 Å².